The normalized spacial score (nSPS) is 16.6. The molecule has 0 saturated carbocycles. The fourth-order valence-corrected chi connectivity index (χ4v) is 3.28. The molecule has 21 heavy (non-hydrogen) atoms. The molecule has 5 heteroatoms. The van der Waals surface area contributed by atoms with Gasteiger partial charge in [-0.1, -0.05) is 23.7 Å². The molecule has 1 unspecified atom stereocenters. The van der Waals surface area contributed by atoms with Crippen molar-refractivity contribution in [2.24, 2.45) is 0 Å². The Morgan fingerprint density at radius 1 is 1.33 bits per heavy atom. The lowest BCUT2D eigenvalue weighted by Crippen LogP contribution is -2.27. The number of nitrogen functional groups attached to an aromatic ring is 1. The summed E-state index contributed by atoms with van der Waals surface area (Å²) >= 11 is 9.51. The Labute approximate surface area is 136 Å². The van der Waals surface area contributed by atoms with Gasteiger partial charge in [0.25, 0.3) is 5.91 Å². The second kappa shape index (κ2) is 5.70. The Bertz CT molecular complexity index is 717. The van der Waals surface area contributed by atoms with Gasteiger partial charge in [-0.25, -0.2) is 0 Å². The molecule has 0 bridgehead atoms. The van der Waals surface area contributed by atoms with E-state index in [9.17, 15) is 4.79 Å². The number of carbonyl (C=O) groups is 1. The van der Waals surface area contributed by atoms with Crippen molar-refractivity contribution in [3.8, 4) is 0 Å². The monoisotopic (exact) mass is 364 g/mol. The third kappa shape index (κ3) is 2.78. The van der Waals surface area contributed by atoms with Crippen LogP contribution in [0.4, 0.5) is 5.69 Å². The number of amides is 1. The number of hydrogen-bond acceptors (Lipinski definition) is 2. The Kier molecular flexibility index (Phi) is 3.91. The smallest absolute Gasteiger partial charge is 0.253 e. The Morgan fingerprint density at radius 2 is 2.14 bits per heavy atom. The van der Waals surface area contributed by atoms with Gasteiger partial charge in [-0.05, 0) is 64.2 Å². The average molecular weight is 366 g/mol. The van der Waals surface area contributed by atoms with Crippen molar-refractivity contribution in [2.45, 2.75) is 18.9 Å². The highest BCUT2D eigenvalue weighted by Crippen LogP contribution is 2.33. The highest BCUT2D eigenvalue weighted by molar-refractivity contribution is 9.10. The van der Waals surface area contributed by atoms with Crippen LogP contribution in [0.1, 0.15) is 33.9 Å². The first-order chi connectivity index (χ1) is 10.1. The minimum atomic E-state index is -0.157. The van der Waals surface area contributed by atoms with Gasteiger partial charge >= 0.3 is 0 Å². The maximum Gasteiger partial charge on any atom is 0.253 e. The zero-order chi connectivity index (χ0) is 15.0. The van der Waals surface area contributed by atoms with Gasteiger partial charge in [-0.2, -0.15) is 0 Å². The molecule has 3 rings (SSSR count). The summed E-state index contributed by atoms with van der Waals surface area (Å²) in [6.45, 7) is 0. The Morgan fingerprint density at radius 3 is 2.95 bits per heavy atom. The highest BCUT2D eigenvalue weighted by Gasteiger charge is 2.25. The molecule has 0 radical (unpaired) electrons. The van der Waals surface area contributed by atoms with Crippen molar-refractivity contribution in [2.75, 3.05) is 5.73 Å². The molecule has 0 spiro atoms. The van der Waals surface area contributed by atoms with Gasteiger partial charge in [-0.15, -0.1) is 0 Å². The maximum absolute atomic E-state index is 12.4. The molecule has 108 valence electrons. The minimum absolute atomic E-state index is 0.0168. The van der Waals surface area contributed by atoms with Gasteiger partial charge < -0.3 is 11.1 Å². The third-order valence-corrected chi connectivity index (χ3v) is 5.04. The van der Waals surface area contributed by atoms with Crippen molar-refractivity contribution in [3.63, 3.8) is 0 Å². The molecule has 0 fully saturated rings. The number of rotatable bonds is 2. The molecule has 2 aromatic rings. The first kappa shape index (κ1) is 14.4. The van der Waals surface area contributed by atoms with Crippen molar-refractivity contribution >= 4 is 39.1 Å². The van der Waals surface area contributed by atoms with Crippen molar-refractivity contribution in [1.29, 1.82) is 0 Å². The molecule has 3 nitrogen and oxygen atoms in total. The lowest BCUT2D eigenvalue weighted by molar-refractivity contribution is 0.0937. The van der Waals surface area contributed by atoms with E-state index in [0.717, 1.165) is 28.6 Å². The van der Waals surface area contributed by atoms with E-state index in [-0.39, 0.29) is 11.9 Å². The van der Waals surface area contributed by atoms with Crippen LogP contribution in [0.15, 0.2) is 40.9 Å². The molecule has 3 N–H and O–H groups in total. The van der Waals surface area contributed by atoms with E-state index in [0.29, 0.717) is 10.6 Å². The Hall–Kier alpha value is -1.52. The number of benzene rings is 2. The molecule has 0 aromatic heterocycles. The number of halogens is 2. The quantitative estimate of drug-likeness (QED) is 0.787. The van der Waals surface area contributed by atoms with Crippen molar-refractivity contribution in [1.82, 2.24) is 5.32 Å². The second-order valence-corrected chi connectivity index (χ2v) is 6.36. The standard InChI is InChI=1S/C16H14BrClN2O/c17-13-3-1-2-12(15(13)18)16(21)20-14-7-4-9-8-10(19)5-6-11(9)14/h1-3,5-6,8,14H,4,7,19H2,(H,20,21). The number of fused-ring (bicyclic) bond motifs is 1. The number of hydrogen-bond donors (Lipinski definition) is 2. The summed E-state index contributed by atoms with van der Waals surface area (Å²) in [7, 11) is 0. The summed E-state index contributed by atoms with van der Waals surface area (Å²) in [5.74, 6) is -0.157. The zero-order valence-corrected chi connectivity index (χ0v) is 13.5. The lowest BCUT2D eigenvalue weighted by atomic mass is 10.1. The van der Waals surface area contributed by atoms with Gasteiger partial charge in [0.2, 0.25) is 0 Å². The van der Waals surface area contributed by atoms with Crippen LogP contribution < -0.4 is 11.1 Å². The van der Waals surface area contributed by atoms with Crippen LogP contribution in [0.5, 0.6) is 0 Å². The molecule has 0 aliphatic heterocycles. The minimum Gasteiger partial charge on any atom is -0.399 e. The van der Waals surface area contributed by atoms with E-state index in [1.165, 1.54) is 5.56 Å². The summed E-state index contributed by atoms with van der Waals surface area (Å²) in [6, 6.07) is 11.2. The second-order valence-electron chi connectivity index (χ2n) is 5.12. The van der Waals surface area contributed by atoms with E-state index in [1.807, 2.05) is 24.3 Å². The van der Waals surface area contributed by atoms with Gasteiger partial charge in [-0.3, -0.25) is 4.79 Å². The fourth-order valence-electron chi connectivity index (χ4n) is 2.70. The molecular weight excluding hydrogens is 352 g/mol. The molecule has 1 aliphatic carbocycles. The van der Waals surface area contributed by atoms with Crippen LogP contribution in [0, 0.1) is 0 Å². The van der Waals surface area contributed by atoms with Crippen LogP contribution in [0.25, 0.3) is 0 Å². The van der Waals surface area contributed by atoms with Gasteiger partial charge in [0.05, 0.1) is 16.6 Å². The zero-order valence-electron chi connectivity index (χ0n) is 11.2. The molecule has 0 heterocycles. The summed E-state index contributed by atoms with van der Waals surface area (Å²) in [5, 5.41) is 3.49. The molecule has 1 atom stereocenters. The number of anilines is 1. The number of aryl methyl sites for hydroxylation is 1. The molecular formula is C16H14BrClN2O. The molecule has 1 amide bonds. The lowest BCUT2D eigenvalue weighted by Gasteiger charge is -2.15. The number of carbonyl (C=O) groups excluding carboxylic acids is 1. The predicted octanol–water partition coefficient (Wildman–Crippen LogP) is 4.10. The van der Waals surface area contributed by atoms with E-state index < -0.39 is 0 Å². The average Bonchev–Trinajstić information content (AvgIpc) is 2.84. The van der Waals surface area contributed by atoms with Crippen molar-refractivity contribution < 1.29 is 4.79 Å². The summed E-state index contributed by atoms with van der Waals surface area (Å²) in [5.41, 5.74) is 9.39. The summed E-state index contributed by atoms with van der Waals surface area (Å²) < 4.78 is 0.719. The molecule has 1 aliphatic rings. The maximum atomic E-state index is 12.4. The topological polar surface area (TPSA) is 55.1 Å². The number of nitrogens with one attached hydrogen (secondary N) is 1. The summed E-state index contributed by atoms with van der Waals surface area (Å²) in [6.07, 6.45) is 1.81. The Balaban J connectivity index is 1.83. The van der Waals surface area contributed by atoms with E-state index >= 15 is 0 Å². The van der Waals surface area contributed by atoms with E-state index in [4.69, 9.17) is 17.3 Å². The first-order valence-electron chi connectivity index (χ1n) is 6.69. The van der Waals surface area contributed by atoms with Crippen LogP contribution in [0.2, 0.25) is 5.02 Å². The SMILES string of the molecule is Nc1ccc2c(c1)CCC2NC(=O)c1cccc(Br)c1Cl. The highest BCUT2D eigenvalue weighted by atomic mass is 79.9. The fraction of sp³-hybridized carbons (Fsp3) is 0.188. The molecule has 2 aromatic carbocycles. The van der Waals surface area contributed by atoms with E-state index in [1.54, 1.807) is 12.1 Å². The van der Waals surface area contributed by atoms with Crippen LogP contribution in [-0.4, -0.2) is 5.91 Å². The van der Waals surface area contributed by atoms with Crippen LogP contribution in [-0.2, 0) is 6.42 Å². The van der Waals surface area contributed by atoms with E-state index in [2.05, 4.69) is 21.2 Å². The van der Waals surface area contributed by atoms with Crippen molar-refractivity contribution in [3.05, 3.63) is 62.6 Å². The number of nitrogens with two attached hydrogens (primary N) is 1. The van der Waals surface area contributed by atoms with Gasteiger partial charge in [0, 0.05) is 10.2 Å². The predicted molar refractivity (Wildman–Crippen MR) is 88.5 cm³/mol. The first-order valence-corrected chi connectivity index (χ1v) is 7.86. The molecule has 0 saturated heterocycles. The summed E-state index contributed by atoms with van der Waals surface area (Å²) in [4.78, 5) is 12.4. The van der Waals surface area contributed by atoms with Crippen LogP contribution in [0.3, 0.4) is 0 Å². The van der Waals surface area contributed by atoms with Crippen LogP contribution >= 0.6 is 27.5 Å². The van der Waals surface area contributed by atoms with Gasteiger partial charge in [0.15, 0.2) is 0 Å². The van der Waals surface area contributed by atoms with Gasteiger partial charge in [0.1, 0.15) is 0 Å². The largest absolute Gasteiger partial charge is 0.399 e. The third-order valence-electron chi connectivity index (χ3n) is 3.75.